The smallest absolute Gasteiger partial charge is 0.251 e. The first-order valence-corrected chi connectivity index (χ1v) is 7.18. The summed E-state index contributed by atoms with van der Waals surface area (Å²) in [6.45, 7) is 5.54. The van der Waals surface area contributed by atoms with Gasteiger partial charge in [0.1, 0.15) is 0 Å². The SMILES string of the molecule is Cc1cccc(C(=O)NCC2CCCC2CN)c1C. The number of hydrogen-bond donors (Lipinski definition) is 2. The zero-order valence-corrected chi connectivity index (χ0v) is 11.9. The van der Waals surface area contributed by atoms with Crippen molar-refractivity contribution < 1.29 is 4.79 Å². The average Bonchev–Trinajstić information content (AvgIpc) is 2.86. The molecule has 1 fully saturated rings. The van der Waals surface area contributed by atoms with Gasteiger partial charge in [0.25, 0.3) is 5.91 Å². The van der Waals surface area contributed by atoms with Gasteiger partial charge in [-0.25, -0.2) is 0 Å². The van der Waals surface area contributed by atoms with Gasteiger partial charge in [-0.15, -0.1) is 0 Å². The largest absolute Gasteiger partial charge is 0.352 e. The minimum Gasteiger partial charge on any atom is -0.352 e. The molecule has 1 aromatic carbocycles. The standard InChI is InChI=1S/C16H24N2O/c1-11-5-3-8-15(12(11)2)16(19)18-10-14-7-4-6-13(14)9-17/h3,5,8,13-14H,4,6-7,9-10,17H2,1-2H3,(H,18,19). The summed E-state index contributed by atoms with van der Waals surface area (Å²) in [7, 11) is 0. The van der Waals surface area contributed by atoms with Crippen LogP contribution < -0.4 is 11.1 Å². The average molecular weight is 260 g/mol. The highest BCUT2D eigenvalue weighted by Gasteiger charge is 2.26. The highest BCUT2D eigenvalue weighted by atomic mass is 16.1. The first-order valence-electron chi connectivity index (χ1n) is 7.18. The van der Waals surface area contributed by atoms with Crippen molar-refractivity contribution in [3.63, 3.8) is 0 Å². The number of aryl methyl sites for hydroxylation is 1. The van der Waals surface area contributed by atoms with Gasteiger partial charge < -0.3 is 11.1 Å². The van der Waals surface area contributed by atoms with Crippen LogP contribution in [0.15, 0.2) is 18.2 Å². The molecular weight excluding hydrogens is 236 g/mol. The van der Waals surface area contributed by atoms with Gasteiger partial charge >= 0.3 is 0 Å². The molecule has 0 aromatic heterocycles. The molecule has 0 spiro atoms. The monoisotopic (exact) mass is 260 g/mol. The van der Waals surface area contributed by atoms with Crippen LogP contribution in [0.5, 0.6) is 0 Å². The Morgan fingerprint density at radius 2 is 2.05 bits per heavy atom. The summed E-state index contributed by atoms with van der Waals surface area (Å²) in [6, 6.07) is 5.87. The van der Waals surface area contributed by atoms with Crippen LogP contribution >= 0.6 is 0 Å². The zero-order valence-electron chi connectivity index (χ0n) is 11.9. The number of carbonyl (C=O) groups is 1. The summed E-state index contributed by atoms with van der Waals surface area (Å²) in [5, 5.41) is 3.08. The molecule has 1 aromatic rings. The molecule has 0 radical (unpaired) electrons. The molecule has 3 nitrogen and oxygen atoms in total. The molecule has 0 heterocycles. The number of nitrogens with two attached hydrogens (primary N) is 1. The Balaban J connectivity index is 1.96. The van der Waals surface area contributed by atoms with Crippen molar-refractivity contribution in [1.82, 2.24) is 5.32 Å². The van der Waals surface area contributed by atoms with Gasteiger partial charge in [-0.1, -0.05) is 18.6 Å². The normalized spacial score (nSPS) is 22.5. The first-order chi connectivity index (χ1) is 9.13. The van der Waals surface area contributed by atoms with Crippen molar-refractivity contribution in [2.75, 3.05) is 13.1 Å². The molecule has 2 rings (SSSR count). The molecule has 3 N–H and O–H groups in total. The maximum atomic E-state index is 12.2. The van der Waals surface area contributed by atoms with Crippen LogP contribution in [0.2, 0.25) is 0 Å². The number of carbonyl (C=O) groups excluding carboxylic acids is 1. The van der Waals surface area contributed by atoms with E-state index in [0.717, 1.165) is 29.8 Å². The minimum atomic E-state index is 0.0453. The van der Waals surface area contributed by atoms with E-state index in [1.807, 2.05) is 32.0 Å². The minimum absolute atomic E-state index is 0.0453. The van der Waals surface area contributed by atoms with Crippen molar-refractivity contribution in [3.8, 4) is 0 Å². The predicted octanol–water partition coefficient (Wildman–Crippen LogP) is 2.41. The Morgan fingerprint density at radius 3 is 2.79 bits per heavy atom. The van der Waals surface area contributed by atoms with E-state index in [1.54, 1.807) is 0 Å². The maximum Gasteiger partial charge on any atom is 0.251 e. The van der Waals surface area contributed by atoms with E-state index in [2.05, 4.69) is 5.32 Å². The van der Waals surface area contributed by atoms with Crippen LogP contribution in [0.4, 0.5) is 0 Å². The fourth-order valence-corrected chi connectivity index (χ4v) is 3.01. The van der Waals surface area contributed by atoms with Crippen molar-refractivity contribution in [1.29, 1.82) is 0 Å². The van der Waals surface area contributed by atoms with E-state index in [4.69, 9.17) is 5.73 Å². The van der Waals surface area contributed by atoms with E-state index in [1.165, 1.54) is 19.3 Å². The summed E-state index contributed by atoms with van der Waals surface area (Å²) < 4.78 is 0. The lowest BCUT2D eigenvalue weighted by Crippen LogP contribution is -2.33. The Bertz CT molecular complexity index is 456. The highest BCUT2D eigenvalue weighted by Crippen LogP contribution is 2.30. The molecule has 1 saturated carbocycles. The lowest BCUT2D eigenvalue weighted by molar-refractivity contribution is 0.0943. The molecular formula is C16H24N2O. The topological polar surface area (TPSA) is 55.1 Å². The number of benzene rings is 1. The van der Waals surface area contributed by atoms with Gasteiger partial charge in [-0.2, -0.15) is 0 Å². The molecule has 0 aliphatic heterocycles. The van der Waals surface area contributed by atoms with Gasteiger partial charge in [0.05, 0.1) is 0 Å². The fourth-order valence-electron chi connectivity index (χ4n) is 3.01. The van der Waals surface area contributed by atoms with Crippen LogP contribution in [0.1, 0.15) is 40.7 Å². The van der Waals surface area contributed by atoms with Crippen LogP contribution in [0.25, 0.3) is 0 Å². The number of amides is 1. The van der Waals surface area contributed by atoms with Crippen molar-refractivity contribution in [2.45, 2.75) is 33.1 Å². The summed E-state index contributed by atoms with van der Waals surface area (Å²) in [5.41, 5.74) is 8.80. The maximum absolute atomic E-state index is 12.2. The molecule has 2 atom stereocenters. The Morgan fingerprint density at radius 1 is 1.32 bits per heavy atom. The quantitative estimate of drug-likeness (QED) is 0.873. The predicted molar refractivity (Wildman–Crippen MR) is 78.1 cm³/mol. The molecule has 104 valence electrons. The van der Waals surface area contributed by atoms with Gasteiger partial charge in [0, 0.05) is 12.1 Å². The van der Waals surface area contributed by atoms with Crippen molar-refractivity contribution in [3.05, 3.63) is 34.9 Å². The summed E-state index contributed by atoms with van der Waals surface area (Å²) in [4.78, 5) is 12.2. The van der Waals surface area contributed by atoms with E-state index < -0.39 is 0 Å². The lowest BCUT2D eigenvalue weighted by atomic mass is 9.96. The Kier molecular flexibility index (Phi) is 4.59. The van der Waals surface area contributed by atoms with Crippen molar-refractivity contribution in [2.24, 2.45) is 17.6 Å². The molecule has 1 amide bonds. The fraction of sp³-hybridized carbons (Fsp3) is 0.562. The second kappa shape index (κ2) is 6.20. The van der Waals surface area contributed by atoms with Gasteiger partial charge in [0.2, 0.25) is 0 Å². The lowest BCUT2D eigenvalue weighted by Gasteiger charge is -2.18. The molecule has 0 bridgehead atoms. The number of rotatable bonds is 4. The summed E-state index contributed by atoms with van der Waals surface area (Å²) in [5.74, 6) is 1.18. The van der Waals surface area contributed by atoms with E-state index >= 15 is 0 Å². The van der Waals surface area contributed by atoms with E-state index in [0.29, 0.717) is 11.8 Å². The molecule has 3 heteroatoms. The summed E-state index contributed by atoms with van der Waals surface area (Å²) >= 11 is 0. The van der Waals surface area contributed by atoms with E-state index in [-0.39, 0.29) is 5.91 Å². The second-order valence-corrected chi connectivity index (χ2v) is 5.64. The van der Waals surface area contributed by atoms with Crippen LogP contribution in [-0.4, -0.2) is 19.0 Å². The Labute approximate surface area is 115 Å². The zero-order chi connectivity index (χ0) is 13.8. The third-order valence-corrected chi connectivity index (χ3v) is 4.49. The number of nitrogens with one attached hydrogen (secondary N) is 1. The third kappa shape index (κ3) is 3.16. The van der Waals surface area contributed by atoms with E-state index in [9.17, 15) is 4.79 Å². The van der Waals surface area contributed by atoms with Crippen molar-refractivity contribution >= 4 is 5.91 Å². The molecule has 2 unspecified atom stereocenters. The molecule has 19 heavy (non-hydrogen) atoms. The third-order valence-electron chi connectivity index (χ3n) is 4.49. The van der Waals surface area contributed by atoms with Crippen LogP contribution in [-0.2, 0) is 0 Å². The molecule has 1 aliphatic carbocycles. The number of hydrogen-bond acceptors (Lipinski definition) is 2. The van der Waals surface area contributed by atoms with Gasteiger partial charge in [0.15, 0.2) is 0 Å². The Hall–Kier alpha value is -1.35. The molecule has 0 saturated heterocycles. The van der Waals surface area contributed by atoms with Crippen LogP contribution in [0.3, 0.4) is 0 Å². The summed E-state index contributed by atoms with van der Waals surface area (Å²) in [6.07, 6.45) is 3.64. The highest BCUT2D eigenvalue weighted by molar-refractivity contribution is 5.95. The molecule has 1 aliphatic rings. The second-order valence-electron chi connectivity index (χ2n) is 5.64. The van der Waals surface area contributed by atoms with Crippen LogP contribution in [0, 0.1) is 25.7 Å². The van der Waals surface area contributed by atoms with Gasteiger partial charge in [-0.3, -0.25) is 4.79 Å². The first kappa shape index (κ1) is 14.1. The van der Waals surface area contributed by atoms with Gasteiger partial charge in [-0.05, 0) is 62.3 Å².